The largest absolute Gasteiger partial charge is 0.462 e. The molecule has 1 aromatic rings. The molecule has 1 heterocycles. The van der Waals surface area contributed by atoms with E-state index in [1.165, 1.54) is 11.3 Å². The minimum atomic E-state index is -0.520. The van der Waals surface area contributed by atoms with Crippen LogP contribution in [0, 0.1) is 6.92 Å². The molecule has 5 nitrogen and oxygen atoms in total. The van der Waals surface area contributed by atoms with Crippen LogP contribution in [-0.2, 0) is 20.7 Å². The van der Waals surface area contributed by atoms with Crippen molar-refractivity contribution in [1.82, 2.24) is 4.98 Å². The minimum absolute atomic E-state index is 0.0716. The molecule has 0 aromatic carbocycles. The van der Waals surface area contributed by atoms with Crippen LogP contribution in [0.4, 0.5) is 0 Å². The van der Waals surface area contributed by atoms with Gasteiger partial charge in [-0.25, -0.2) is 9.78 Å². The zero-order valence-electron chi connectivity index (χ0n) is 11.9. The van der Waals surface area contributed by atoms with Gasteiger partial charge in [-0.15, -0.1) is 11.3 Å². The van der Waals surface area contributed by atoms with Gasteiger partial charge in [0.2, 0.25) is 0 Å². The Morgan fingerprint density at radius 3 is 2.47 bits per heavy atom. The summed E-state index contributed by atoms with van der Waals surface area (Å²) in [6, 6.07) is 0. The van der Waals surface area contributed by atoms with E-state index >= 15 is 0 Å². The third-order valence-electron chi connectivity index (χ3n) is 2.02. The van der Waals surface area contributed by atoms with E-state index in [-0.39, 0.29) is 12.4 Å². The van der Waals surface area contributed by atoms with E-state index < -0.39 is 11.6 Å². The van der Waals surface area contributed by atoms with Crippen molar-refractivity contribution in [2.75, 3.05) is 6.61 Å². The standard InChI is InChI=1S/C13H19NO4S/c1-6-17-12(16)11-8(2)14-9(19-11)7-10(15)18-13(3,4)5/h6-7H2,1-5H3. The molecular weight excluding hydrogens is 266 g/mol. The summed E-state index contributed by atoms with van der Waals surface area (Å²) in [5.74, 6) is -0.746. The van der Waals surface area contributed by atoms with Crippen molar-refractivity contribution in [2.45, 2.75) is 46.6 Å². The maximum Gasteiger partial charge on any atom is 0.350 e. The molecule has 0 N–H and O–H groups in total. The Kier molecular flexibility index (Phi) is 5.05. The van der Waals surface area contributed by atoms with Gasteiger partial charge in [0, 0.05) is 0 Å². The summed E-state index contributed by atoms with van der Waals surface area (Å²) in [5, 5.41) is 0.565. The van der Waals surface area contributed by atoms with E-state index in [9.17, 15) is 9.59 Å². The third kappa shape index (κ3) is 4.98. The van der Waals surface area contributed by atoms with Crippen LogP contribution in [0.5, 0.6) is 0 Å². The normalized spacial score (nSPS) is 11.2. The lowest BCUT2D eigenvalue weighted by Crippen LogP contribution is -2.24. The van der Waals surface area contributed by atoms with Crippen LogP contribution in [0.15, 0.2) is 0 Å². The molecule has 6 heteroatoms. The van der Waals surface area contributed by atoms with Crippen LogP contribution >= 0.6 is 11.3 Å². The summed E-state index contributed by atoms with van der Waals surface area (Å²) in [7, 11) is 0. The molecule has 106 valence electrons. The Bertz CT molecular complexity index is 473. The molecule has 0 fully saturated rings. The number of hydrogen-bond acceptors (Lipinski definition) is 6. The van der Waals surface area contributed by atoms with Gasteiger partial charge in [-0.05, 0) is 34.6 Å². The zero-order valence-corrected chi connectivity index (χ0v) is 12.7. The summed E-state index contributed by atoms with van der Waals surface area (Å²) < 4.78 is 10.1. The van der Waals surface area contributed by atoms with Crippen molar-refractivity contribution < 1.29 is 19.1 Å². The molecule has 0 saturated heterocycles. The Balaban J connectivity index is 2.74. The lowest BCUT2D eigenvalue weighted by Gasteiger charge is -2.18. The number of hydrogen-bond donors (Lipinski definition) is 0. The number of aromatic nitrogens is 1. The van der Waals surface area contributed by atoms with Crippen molar-refractivity contribution in [1.29, 1.82) is 0 Å². The van der Waals surface area contributed by atoms with Crippen LogP contribution < -0.4 is 0 Å². The first kappa shape index (κ1) is 15.6. The van der Waals surface area contributed by atoms with E-state index in [1.807, 2.05) is 20.8 Å². The van der Waals surface area contributed by atoms with Crippen molar-refractivity contribution in [3.8, 4) is 0 Å². The molecule has 0 saturated carbocycles. The Morgan fingerprint density at radius 1 is 1.32 bits per heavy atom. The monoisotopic (exact) mass is 285 g/mol. The predicted molar refractivity (Wildman–Crippen MR) is 72.4 cm³/mol. The van der Waals surface area contributed by atoms with E-state index in [1.54, 1.807) is 13.8 Å². The van der Waals surface area contributed by atoms with Gasteiger partial charge in [0.25, 0.3) is 0 Å². The molecule has 0 amide bonds. The number of carbonyl (C=O) groups is 2. The SMILES string of the molecule is CCOC(=O)c1sc(CC(=O)OC(C)(C)C)nc1C. The smallest absolute Gasteiger partial charge is 0.350 e. The van der Waals surface area contributed by atoms with Gasteiger partial charge < -0.3 is 9.47 Å². The predicted octanol–water partition coefficient (Wildman–Crippen LogP) is 2.51. The second kappa shape index (κ2) is 6.14. The Labute approximate surface area is 116 Å². The van der Waals surface area contributed by atoms with Gasteiger partial charge >= 0.3 is 11.9 Å². The van der Waals surface area contributed by atoms with Crippen LogP contribution in [0.25, 0.3) is 0 Å². The highest BCUT2D eigenvalue weighted by Crippen LogP contribution is 2.20. The van der Waals surface area contributed by atoms with Crippen LogP contribution in [0.1, 0.15) is 48.1 Å². The molecule has 0 radical (unpaired) electrons. The molecule has 0 aliphatic heterocycles. The molecule has 0 aliphatic carbocycles. The number of nitrogens with zero attached hydrogens (tertiary/aromatic N) is 1. The fourth-order valence-corrected chi connectivity index (χ4v) is 2.36. The third-order valence-corrected chi connectivity index (χ3v) is 3.15. The van der Waals surface area contributed by atoms with Crippen LogP contribution in [0.2, 0.25) is 0 Å². The molecular formula is C13H19NO4S. The molecule has 19 heavy (non-hydrogen) atoms. The molecule has 0 spiro atoms. The molecule has 1 rings (SSSR count). The van der Waals surface area contributed by atoms with Gasteiger partial charge in [-0.1, -0.05) is 0 Å². The number of ether oxygens (including phenoxy) is 2. The van der Waals surface area contributed by atoms with E-state index in [0.29, 0.717) is 22.2 Å². The topological polar surface area (TPSA) is 65.5 Å². The first-order valence-corrected chi connectivity index (χ1v) is 6.90. The average molecular weight is 285 g/mol. The lowest BCUT2D eigenvalue weighted by molar-refractivity contribution is -0.153. The average Bonchev–Trinajstić information content (AvgIpc) is 2.56. The quantitative estimate of drug-likeness (QED) is 0.795. The second-order valence-electron chi connectivity index (χ2n) is 5.01. The van der Waals surface area contributed by atoms with Crippen molar-refractivity contribution >= 4 is 23.3 Å². The van der Waals surface area contributed by atoms with Crippen molar-refractivity contribution in [3.63, 3.8) is 0 Å². The lowest BCUT2D eigenvalue weighted by atomic mass is 10.2. The van der Waals surface area contributed by atoms with Crippen molar-refractivity contribution in [3.05, 3.63) is 15.6 Å². The summed E-state index contributed by atoms with van der Waals surface area (Å²) in [6.07, 6.45) is 0.0716. The Morgan fingerprint density at radius 2 is 1.95 bits per heavy atom. The number of aryl methyl sites for hydroxylation is 1. The molecule has 0 aliphatic rings. The zero-order chi connectivity index (χ0) is 14.6. The van der Waals surface area contributed by atoms with Gasteiger partial charge in [0.1, 0.15) is 15.5 Å². The number of rotatable bonds is 4. The summed E-state index contributed by atoms with van der Waals surface area (Å²) >= 11 is 1.18. The van der Waals surface area contributed by atoms with Gasteiger partial charge in [0.15, 0.2) is 0 Å². The Hall–Kier alpha value is -1.43. The number of esters is 2. The van der Waals surface area contributed by atoms with Gasteiger partial charge in [-0.2, -0.15) is 0 Å². The fourth-order valence-electron chi connectivity index (χ4n) is 1.42. The van der Waals surface area contributed by atoms with Gasteiger partial charge in [0.05, 0.1) is 18.7 Å². The van der Waals surface area contributed by atoms with E-state index in [4.69, 9.17) is 9.47 Å². The summed E-state index contributed by atoms with van der Waals surface area (Å²) in [6.45, 7) is 9.21. The first-order valence-electron chi connectivity index (χ1n) is 6.08. The highest BCUT2D eigenvalue weighted by atomic mass is 32.1. The fraction of sp³-hybridized carbons (Fsp3) is 0.615. The molecule has 1 aromatic heterocycles. The van der Waals surface area contributed by atoms with E-state index in [0.717, 1.165) is 0 Å². The van der Waals surface area contributed by atoms with Gasteiger partial charge in [-0.3, -0.25) is 4.79 Å². The maximum atomic E-state index is 11.7. The summed E-state index contributed by atoms with van der Waals surface area (Å²) in [5.41, 5.74) is 0.0647. The van der Waals surface area contributed by atoms with E-state index in [2.05, 4.69) is 4.98 Å². The molecule has 0 unspecified atom stereocenters. The second-order valence-corrected chi connectivity index (χ2v) is 6.09. The first-order chi connectivity index (χ1) is 8.73. The molecule has 0 atom stereocenters. The minimum Gasteiger partial charge on any atom is -0.462 e. The van der Waals surface area contributed by atoms with Crippen LogP contribution in [0.3, 0.4) is 0 Å². The number of thiazole rings is 1. The van der Waals surface area contributed by atoms with Crippen molar-refractivity contribution in [2.24, 2.45) is 0 Å². The number of carbonyl (C=O) groups excluding carboxylic acids is 2. The highest BCUT2D eigenvalue weighted by Gasteiger charge is 2.21. The maximum absolute atomic E-state index is 11.7. The summed E-state index contributed by atoms with van der Waals surface area (Å²) in [4.78, 5) is 27.9. The van der Waals surface area contributed by atoms with Crippen LogP contribution in [-0.4, -0.2) is 29.1 Å². The highest BCUT2D eigenvalue weighted by molar-refractivity contribution is 7.13. The molecule has 0 bridgehead atoms.